The standard InChI is InChI=1S/C15H27NO3/c1-14(2,3)13(18)16-11-6-4-5-8-12(17)15(19)9-7-10-15/h19H,4-11H2,1-3H3,(H,16,18). The first-order chi connectivity index (χ1) is 8.76. The highest BCUT2D eigenvalue weighted by Gasteiger charge is 2.40. The lowest BCUT2D eigenvalue weighted by Gasteiger charge is -2.34. The van der Waals surface area contributed by atoms with Gasteiger partial charge in [-0.05, 0) is 32.1 Å². The Balaban J connectivity index is 2.03. The Kier molecular flexibility index (Phi) is 5.53. The van der Waals surface area contributed by atoms with Crippen LogP contribution in [-0.2, 0) is 9.59 Å². The van der Waals surface area contributed by atoms with E-state index in [1.165, 1.54) is 0 Å². The van der Waals surface area contributed by atoms with Gasteiger partial charge in [0.25, 0.3) is 0 Å². The molecule has 1 aliphatic carbocycles. The number of unbranched alkanes of at least 4 members (excludes halogenated alkanes) is 2. The number of hydrogen-bond donors (Lipinski definition) is 2. The lowest BCUT2D eigenvalue weighted by atomic mass is 9.76. The van der Waals surface area contributed by atoms with Crippen molar-refractivity contribution in [3.05, 3.63) is 0 Å². The summed E-state index contributed by atoms with van der Waals surface area (Å²) in [6, 6.07) is 0. The highest BCUT2D eigenvalue weighted by molar-refractivity contribution is 5.87. The molecule has 0 aromatic rings. The van der Waals surface area contributed by atoms with Gasteiger partial charge in [0.1, 0.15) is 5.60 Å². The van der Waals surface area contributed by atoms with Crippen LogP contribution in [0.5, 0.6) is 0 Å². The van der Waals surface area contributed by atoms with E-state index in [4.69, 9.17) is 0 Å². The molecule has 1 rings (SSSR count). The maximum atomic E-state index is 11.7. The van der Waals surface area contributed by atoms with E-state index in [9.17, 15) is 14.7 Å². The normalized spacial score (nSPS) is 17.7. The molecule has 4 heteroatoms. The van der Waals surface area contributed by atoms with Gasteiger partial charge in [-0.15, -0.1) is 0 Å². The number of carbonyl (C=O) groups is 2. The molecule has 0 atom stereocenters. The number of hydrogen-bond acceptors (Lipinski definition) is 3. The summed E-state index contributed by atoms with van der Waals surface area (Å²) in [5.41, 5.74) is -1.34. The van der Waals surface area contributed by atoms with Crippen molar-refractivity contribution < 1.29 is 14.7 Å². The minimum atomic E-state index is -1.000. The van der Waals surface area contributed by atoms with Crippen LogP contribution < -0.4 is 5.32 Å². The van der Waals surface area contributed by atoms with Crippen molar-refractivity contribution in [3.8, 4) is 0 Å². The molecule has 1 fully saturated rings. The highest BCUT2D eigenvalue weighted by atomic mass is 16.3. The van der Waals surface area contributed by atoms with Gasteiger partial charge in [0.15, 0.2) is 5.78 Å². The van der Waals surface area contributed by atoms with E-state index in [-0.39, 0.29) is 17.1 Å². The van der Waals surface area contributed by atoms with Gasteiger partial charge in [-0.2, -0.15) is 0 Å². The molecule has 0 bridgehead atoms. The second-order valence-electron chi connectivity index (χ2n) is 6.62. The number of amides is 1. The van der Waals surface area contributed by atoms with Crippen LogP contribution in [0.2, 0.25) is 0 Å². The van der Waals surface area contributed by atoms with E-state index in [1.54, 1.807) is 0 Å². The maximum Gasteiger partial charge on any atom is 0.225 e. The van der Waals surface area contributed by atoms with Crippen molar-refractivity contribution in [2.75, 3.05) is 6.54 Å². The van der Waals surface area contributed by atoms with Crippen molar-refractivity contribution in [3.63, 3.8) is 0 Å². The van der Waals surface area contributed by atoms with E-state index in [1.807, 2.05) is 20.8 Å². The SMILES string of the molecule is CC(C)(C)C(=O)NCCCCCC(=O)C1(O)CCC1. The zero-order valence-corrected chi connectivity index (χ0v) is 12.4. The molecule has 0 radical (unpaired) electrons. The molecule has 0 heterocycles. The summed E-state index contributed by atoms with van der Waals surface area (Å²) in [6.45, 7) is 6.33. The van der Waals surface area contributed by atoms with Crippen LogP contribution in [0.25, 0.3) is 0 Å². The summed E-state index contributed by atoms with van der Waals surface area (Å²) in [6.07, 6.45) is 5.28. The topological polar surface area (TPSA) is 66.4 Å². The van der Waals surface area contributed by atoms with Crippen LogP contribution in [-0.4, -0.2) is 28.9 Å². The lowest BCUT2D eigenvalue weighted by Crippen LogP contribution is -2.44. The number of Topliss-reactive ketones (excluding diaryl/α,β-unsaturated/α-hetero) is 1. The van der Waals surface area contributed by atoms with Gasteiger partial charge in [-0.1, -0.05) is 27.2 Å². The van der Waals surface area contributed by atoms with Gasteiger partial charge in [-0.25, -0.2) is 0 Å². The first-order valence-electron chi connectivity index (χ1n) is 7.30. The molecule has 0 aliphatic heterocycles. The molecule has 2 N–H and O–H groups in total. The number of nitrogens with one attached hydrogen (secondary N) is 1. The average Bonchev–Trinajstić information content (AvgIpc) is 2.28. The van der Waals surface area contributed by atoms with Crippen LogP contribution in [0.3, 0.4) is 0 Å². The summed E-state index contributed by atoms with van der Waals surface area (Å²) in [5.74, 6) is 0.0600. The summed E-state index contributed by atoms with van der Waals surface area (Å²) in [4.78, 5) is 23.3. The van der Waals surface area contributed by atoms with E-state index < -0.39 is 5.60 Å². The van der Waals surface area contributed by atoms with Gasteiger partial charge < -0.3 is 10.4 Å². The Bertz CT molecular complexity index is 327. The lowest BCUT2D eigenvalue weighted by molar-refractivity contribution is -0.146. The van der Waals surface area contributed by atoms with E-state index in [0.29, 0.717) is 25.8 Å². The molecule has 19 heavy (non-hydrogen) atoms. The number of aliphatic hydroxyl groups is 1. The molecule has 1 amide bonds. The molecular formula is C15H27NO3. The minimum Gasteiger partial charge on any atom is -0.382 e. The molecule has 0 unspecified atom stereocenters. The van der Waals surface area contributed by atoms with Gasteiger partial charge >= 0.3 is 0 Å². The molecule has 0 saturated heterocycles. The second-order valence-corrected chi connectivity index (χ2v) is 6.62. The second kappa shape index (κ2) is 6.51. The maximum absolute atomic E-state index is 11.7. The van der Waals surface area contributed by atoms with Crippen LogP contribution in [0, 0.1) is 5.41 Å². The summed E-state index contributed by atoms with van der Waals surface area (Å²) in [7, 11) is 0. The first-order valence-corrected chi connectivity index (χ1v) is 7.30. The fraction of sp³-hybridized carbons (Fsp3) is 0.867. The highest BCUT2D eigenvalue weighted by Crippen LogP contribution is 2.33. The number of ketones is 1. The van der Waals surface area contributed by atoms with Crippen molar-refractivity contribution in [1.82, 2.24) is 5.32 Å². The molecule has 0 spiro atoms. The van der Waals surface area contributed by atoms with Crippen molar-refractivity contribution in [2.24, 2.45) is 5.41 Å². The summed E-state index contributed by atoms with van der Waals surface area (Å²) in [5, 5.41) is 12.7. The third-order valence-electron chi connectivity index (χ3n) is 3.75. The summed E-state index contributed by atoms with van der Waals surface area (Å²) >= 11 is 0. The molecule has 4 nitrogen and oxygen atoms in total. The number of carbonyl (C=O) groups excluding carboxylic acids is 2. The zero-order chi connectivity index (χ0) is 14.5. The smallest absolute Gasteiger partial charge is 0.225 e. The average molecular weight is 269 g/mol. The first kappa shape index (κ1) is 16.2. The van der Waals surface area contributed by atoms with Crippen molar-refractivity contribution in [1.29, 1.82) is 0 Å². The molecular weight excluding hydrogens is 242 g/mol. The Morgan fingerprint density at radius 2 is 1.79 bits per heavy atom. The Labute approximate surface area is 116 Å². The fourth-order valence-corrected chi connectivity index (χ4v) is 2.08. The Morgan fingerprint density at radius 1 is 1.16 bits per heavy atom. The van der Waals surface area contributed by atoms with Crippen molar-refractivity contribution >= 4 is 11.7 Å². The van der Waals surface area contributed by atoms with Gasteiger partial charge in [0.2, 0.25) is 5.91 Å². The predicted octanol–water partition coefficient (Wildman–Crippen LogP) is 2.19. The van der Waals surface area contributed by atoms with Gasteiger partial charge in [-0.3, -0.25) is 9.59 Å². The van der Waals surface area contributed by atoms with Crippen LogP contribution in [0.15, 0.2) is 0 Å². The monoisotopic (exact) mass is 269 g/mol. The Hall–Kier alpha value is -0.900. The van der Waals surface area contributed by atoms with Crippen LogP contribution >= 0.6 is 0 Å². The van der Waals surface area contributed by atoms with E-state index >= 15 is 0 Å². The molecule has 0 aromatic heterocycles. The van der Waals surface area contributed by atoms with E-state index in [0.717, 1.165) is 25.7 Å². The third-order valence-corrected chi connectivity index (χ3v) is 3.75. The third kappa shape index (κ3) is 4.94. The Morgan fingerprint density at radius 3 is 2.26 bits per heavy atom. The summed E-state index contributed by atoms with van der Waals surface area (Å²) < 4.78 is 0. The minimum absolute atomic E-state index is 0.00234. The largest absolute Gasteiger partial charge is 0.382 e. The molecule has 1 aliphatic rings. The zero-order valence-electron chi connectivity index (χ0n) is 12.4. The quantitative estimate of drug-likeness (QED) is 0.696. The predicted molar refractivity (Wildman–Crippen MR) is 74.7 cm³/mol. The van der Waals surface area contributed by atoms with E-state index in [2.05, 4.69) is 5.32 Å². The fourth-order valence-electron chi connectivity index (χ4n) is 2.08. The van der Waals surface area contributed by atoms with Gasteiger partial charge in [0.05, 0.1) is 0 Å². The van der Waals surface area contributed by atoms with Crippen LogP contribution in [0.1, 0.15) is 65.7 Å². The molecule has 0 aromatic carbocycles. The number of rotatable bonds is 7. The molecule has 1 saturated carbocycles. The van der Waals surface area contributed by atoms with Gasteiger partial charge in [0, 0.05) is 18.4 Å². The van der Waals surface area contributed by atoms with Crippen molar-refractivity contribution in [2.45, 2.75) is 71.3 Å². The van der Waals surface area contributed by atoms with Crippen LogP contribution in [0.4, 0.5) is 0 Å². The molecule has 110 valence electrons.